The van der Waals surface area contributed by atoms with Gasteiger partial charge in [0.25, 0.3) is 5.91 Å². The minimum absolute atomic E-state index is 0.00445. The predicted octanol–water partition coefficient (Wildman–Crippen LogP) is 2.08. The molecule has 2 unspecified atom stereocenters. The van der Waals surface area contributed by atoms with Crippen LogP contribution in [0, 0.1) is 23.2 Å². The Balaban J connectivity index is 1.39. The molecule has 4 bridgehead atoms. The molecule has 4 N–H and O–H groups in total. The molecule has 0 radical (unpaired) electrons. The molecule has 6 rings (SSSR count). The molecule has 2 aromatic heterocycles. The van der Waals surface area contributed by atoms with E-state index in [0.717, 1.165) is 32.1 Å². The highest BCUT2D eigenvalue weighted by molar-refractivity contribution is 5.97. The number of hydrogen-bond donors (Lipinski definition) is 3. The van der Waals surface area contributed by atoms with E-state index in [2.05, 4.69) is 20.8 Å². The third-order valence-electron chi connectivity index (χ3n) is 8.01. The van der Waals surface area contributed by atoms with Gasteiger partial charge in [-0.2, -0.15) is 10.2 Å². The van der Waals surface area contributed by atoms with Crippen LogP contribution in [-0.2, 0) is 9.53 Å². The molecule has 11 heteroatoms. The van der Waals surface area contributed by atoms with Gasteiger partial charge < -0.3 is 21.1 Å². The van der Waals surface area contributed by atoms with Gasteiger partial charge in [0.2, 0.25) is 5.91 Å². The Morgan fingerprint density at radius 2 is 1.92 bits per heavy atom. The number of nitrogens with one attached hydrogen (secondary N) is 2. The summed E-state index contributed by atoms with van der Waals surface area (Å²) in [6.07, 6.45) is 11.9. The van der Waals surface area contributed by atoms with Crippen LogP contribution in [-0.4, -0.2) is 56.2 Å². The van der Waals surface area contributed by atoms with Crippen LogP contribution < -0.4 is 16.4 Å². The molecule has 3 amide bonds. The molecule has 0 spiro atoms. The zero-order valence-electron chi connectivity index (χ0n) is 20.8. The van der Waals surface area contributed by atoms with Crippen molar-refractivity contribution in [3.8, 4) is 5.82 Å². The van der Waals surface area contributed by atoms with Crippen molar-refractivity contribution in [3.05, 3.63) is 36.3 Å². The molecule has 2 aromatic rings. The van der Waals surface area contributed by atoms with E-state index in [0.29, 0.717) is 17.3 Å². The van der Waals surface area contributed by atoms with E-state index >= 15 is 0 Å². The second-order valence-electron chi connectivity index (χ2n) is 11.0. The molecular weight excluding hydrogens is 462 g/mol. The van der Waals surface area contributed by atoms with Crippen LogP contribution in [0.4, 0.5) is 4.79 Å². The van der Waals surface area contributed by atoms with Crippen LogP contribution in [0.1, 0.15) is 56.3 Å². The standard InChI is InChI=1S/C25H33N7O4/c1-24(2,22(34)27-3)5-8-32-21(31-7-4-6-28-31)18(14-29-32)20(33)30-19-16-9-15-10-17(19)13-25(11-15,12-16)36-23(26)35/h4-8,14-17,19H,9-13H2,1-3H3,(H2,26,35)(H,27,34)(H,30,33)/b8-5+/t15?,16?,17?,19-,25-. The summed E-state index contributed by atoms with van der Waals surface area (Å²) in [5.41, 5.74) is 4.50. The summed E-state index contributed by atoms with van der Waals surface area (Å²) in [5.74, 6) is 1.08. The highest BCUT2D eigenvalue weighted by atomic mass is 16.6. The highest BCUT2D eigenvalue weighted by Crippen LogP contribution is 2.57. The maximum Gasteiger partial charge on any atom is 0.405 e. The lowest BCUT2D eigenvalue weighted by Gasteiger charge is -2.58. The zero-order valence-corrected chi connectivity index (χ0v) is 20.8. The topological polar surface area (TPSA) is 146 Å². The van der Waals surface area contributed by atoms with Gasteiger partial charge in [0, 0.05) is 31.7 Å². The van der Waals surface area contributed by atoms with Crippen molar-refractivity contribution < 1.29 is 19.1 Å². The smallest absolute Gasteiger partial charge is 0.405 e. The van der Waals surface area contributed by atoms with Crippen LogP contribution in [0.15, 0.2) is 30.7 Å². The monoisotopic (exact) mass is 495 g/mol. The fourth-order valence-corrected chi connectivity index (χ4v) is 6.66. The van der Waals surface area contributed by atoms with Gasteiger partial charge >= 0.3 is 6.09 Å². The minimum atomic E-state index is -0.770. The second kappa shape index (κ2) is 8.79. The first kappa shape index (κ1) is 24.1. The van der Waals surface area contributed by atoms with Crippen molar-refractivity contribution in [3.63, 3.8) is 0 Å². The predicted molar refractivity (Wildman–Crippen MR) is 131 cm³/mol. The van der Waals surface area contributed by atoms with E-state index in [9.17, 15) is 14.4 Å². The molecule has 0 aromatic carbocycles. The van der Waals surface area contributed by atoms with Crippen molar-refractivity contribution >= 4 is 24.1 Å². The first-order chi connectivity index (χ1) is 17.1. The van der Waals surface area contributed by atoms with Crippen molar-refractivity contribution in [1.82, 2.24) is 30.2 Å². The molecule has 36 heavy (non-hydrogen) atoms. The Bertz CT molecular complexity index is 1180. The summed E-state index contributed by atoms with van der Waals surface area (Å²) in [6, 6.07) is 1.77. The van der Waals surface area contributed by atoms with Gasteiger partial charge in [0.05, 0.1) is 11.6 Å². The number of aromatic nitrogens is 4. The molecular formula is C25H33N7O4. The molecule has 4 fully saturated rings. The summed E-state index contributed by atoms with van der Waals surface area (Å²) >= 11 is 0. The molecule has 4 aliphatic rings. The summed E-state index contributed by atoms with van der Waals surface area (Å²) in [5, 5.41) is 14.7. The molecule has 11 nitrogen and oxygen atoms in total. The fraction of sp³-hybridized carbons (Fsp3) is 0.560. The molecule has 0 saturated heterocycles. The zero-order chi connectivity index (χ0) is 25.7. The van der Waals surface area contributed by atoms with Crippen molar-refractivity contribution in [1.29, 1.82) is 0 Å². The Morgan fingerprint density at radius 1 is 1.19 bits per heavy atom. The van der Waals surface area contributed by atoms with Crippen LogP contribution in [0.2, 0.25) is 0 Å². The lowest BCUT2D eigenvalue weighted by molar-refractivity contribution is -0.137. The van der Waals surface area contributed by atoms with Gasteiger partial charge in [-0.15, -0.1) is 0 Å². The molecule has 4 aliphatic carbocycles. The van der Waals surface area contributed by atoms with Crippen LogP contribution in [0.5, 0.6) is 0 Å². The number of rotatable bonds is 7. The van der Waals surface area contributed by atoms with Gasteiger partial charge in [-0.25, -0.2) is 14.2 Å². The third-order valence-corrected chi connectivity index (χ3v) is 8.01. The second-order valence-corrected chi connectivity index (χ2v) is 11.0. The summed E-state index contributed by atoms with van der Waals surface area (Å²) < 4.78 is 8.75. The number of hydrogen-bond acceptors (Lipinski definition) is 6. The average Bonchev–Trinajstić information content (AvgIpc) is 3.47. The normalized spacial score (nSPS) is 28.9. The van der Waals surface area contributed by atoms with Gasteiger partial charge in [-0.3, -0.25) is 9.59 Å². The van der Waals surface area contributed by atoms with Crippen molar-refractivity contribution in [2.45, 2.75) is 57.6 Å². The maximum absolute atomic E-state index is 13.6. The maximum atomic E-state index is 13.6. The largest absolute Gasteiger partial charge is 0.443 e. The number of nitrogens with two attached hydrogens (primary N) is 1. The van der Waals surface area contributed by atoms with E-state index < -0.39 is 17.1 Å². The van der Waals surface area contributed by atoms with Crippen LogP contribution in [0.3, 0.4) is 0 Å². The van der Waals surface area contributed by atoms with Gasteiger partial charge in [0.1, 0.15) is 11.2 Å². The SMILES string of the molecule is CNC(=O)C(C)(C)/C=C/n1ncc(C(=O)N[C@H]2C3CC4CC2C[C@](OC(N)=O)(C4)C3)c1-n1cccn1. The van der Waals surface area contributed by atoms with E-state index in [1.807, 2.05) is 0 Å². The fourth-order valence-electron chi connectivity index (χ4n) is 6.66. The summed E-state index contributed by atoms with van der Waals surface area (Å²) in [4.78, 5) is 37.3. The molecule has 4 saturated carbocycles. The first-order valence-electron chi connectivity index (χ1n) is 12.4. The number of primary amides is 1. The lowest BCUT2D eigenvalue weighted by atomic mass is 9.52. The number of carbonyl (C=O) groups is 3. The van der Waals surface area contributed by atoms with Gasteiger partial charge in [0.15, 0.2) is 5.82 Å². The van der Waals surface area contributed by atoms with Gasteiger partial charge in [-0.1, -0.05) is 6.08 Å². The van der Waals surface area contributed by atoms with E-state index in [1.54, 1.807) is 61.0 Å². The Hall–Kier alpha value is -3.63. The van der Waals surface area contributed by atoms with Crippen molar-refractivity contribution in [2.75, 3.05) is 7.05 Å². The first-order valence-corrected chi connectivity index (χ1v) is 12.4. The minimum Gasteiger partial charge on any atom is -0.443 e. The Labute approximate surface area is 209 Å². The van der Waals surface area contributed by atoms with Gasteiger partial charge in [-0.05, 0) is 69.8 Å². The number of amides is 3. The van der Waals surface area contributed by atoms with Crippen LogP contribution in [0.25, 0.3) is 12.0 Å². The number of ether oxygens (including phenoxy) is 1. The highest BCUT2D eigenvalue weighted by Gasteiger charge is 2.57. The van der Waals surface area contributed by atoms with E-state index in [1.165, 1.54) is 6.20 Å². The Morgan fingerprint density at radius 3 is 2.53 bits per heavy atom. The quantitative estimate of drug-likeness (QED) is 0.536. The lowest BCUT2D eigenvalue weighted by Crippen LogP contribution is -2.63. The van der Waals surface area contributed by atoms with E-state index in [-0.39, 0.29) is 29.7 Å². The number of nitrogens with zero attached hydrogens (tertiary/aromatic N) is 4. The van der Waals surface area contributed by atoms with Crippen LogP contribution >= 0.6 is 0 Å². The average molecular weight is 496 g/mol. The summed E-state index contributed by atoms with van der Waals surface area (Å²) in [6.45, 7) is 3.60. The van der Waals surface area contributed by atoms with Crippen molar-refractivity contribution in [2.24, 2.45) is 28.9 Å². The Kier molecular flexibility index (Phi) is 5.88. The molecule has 2 atom stereocenters. The molecule has 0 aliphatic heterocycles. The molecule has 2 heterocycles. The molecule has 192 valence electrons. The van der Waals surface area contributed by atoms with E-state index in [4.69, 9.17) is 10.5 Å². The number of carbonyl (C=O) groups excluding carboxylic acids is 3. The summed E-state index contributed by atoms with van der Waals surface area (Å²) in [7, 11) is 1.59. The third kappa shape index (κ3) is 4.27.